The summed E-state index contributed by atoms with van der Waals surface area (Å²) < 4.78 is 0. The van der Waals surface area contributed by atoms with Gasteiger partial charge in [-0.25, -0.2) is 4.79 Å². The van der Waals surface area contributed by atoms with Crippen LogP contribution in [0.1, 0.15) is 46.5 Å². The maximum absolute atomic E-state index is 13.1. The normalized spacial score (nSPS) is 14.6. The van der Waals surface area contributed by atoms with Gasteiger partial charge in [0.2, 0.25) is 5.91 Å². The van der Waals surface area contributed by atoms with E-state index < -0.39 is 17.9 Å². The molecule has 0 spiro atoms. The monoisotopic (exact) mass is 438 g/mol. The van der Waals surface area contributed by atoms with Crippen LogP contribution in [-0.4, -0.2) is 64.4 Å². The Kier molecular flexibility index (Phi) is 7.19. The number of hydrogen-bond acceptors (Lipinski definition) is 5. The summed E-state index contributed by atoms with van der Waals surface area (Å²) in [4.78, 5) is 56.3. The largest absolute Gasteiger partial charge is 0.480 e. The van der Waals surface area contributed by atoms with Crippen LogP contribution in [0.3, 0.4) is 0 Å². The number of hydrogen-bond donors (Lipinski definition) is 2. The zero-order valence-electron chi connectivity index (χ0n) is 18.1. The van der Waals surface area contributed by atoms with Gasteiger partial charge in [-0.15, -0.1) is 0 Å². The Morgan fingerprint density at radius 1 is 1.19 bits per heavy atom. The van der Waals surface area contributed by atoms with E-state index >= 15 is 0 Å². The lowest BCUT2D eigenvalue weighted by atomic mass is 10.1. The van der Waals surface area contributed by atoms with Gasteiger partial charge in [0.1, 0.15) is 12.6 Å². The van der Waals surface area contributed by atoms with E-state index in [4.69, 9.17) is 0 Å². The first-order chi connectivity index (χ1) is 15.3. The number of pyridine rings is 1. The van der Waals surface area contributed by atoms with Crippen molar-refractivity contribution in [3.05, 3.63) is 59.4 Å². The fourth-order valence-electron chi connectivity index (χ4n) is 3.61. The lowest BCUT2D eigenvalue weighted by molar-refractivity contribution is -0.142. The number of benzene rings is 1. The minimum Gasteiger partial charge on any atom is -0.480 e. The highest BCUT2D eigenvalue weighted by Crippen LogP contribution is 2.28. The third kappa shape index (κ3) is 4.93. The Morgan fingerprint density at radius 3 is 2.56 bits per heavy atom. The Labute approximate surface area is 186 Å². The van der Waals surface area contributed by atoms with E-state index in [2.05, 4.69) is 10.3 Å². The van der Waals surface area contributed by atoms with Crippen molar-refractivity contribution in [3.63, 3.8) is 0 Å². The molecule has 0 aliphatic carbocycles. The second-order valence-electron chi connectivity index (χ2n) is 7.53. The molecular formula is C23H26N4O5. The predicted octanol–water partition coefficient (Wildman–Crippen LogP) is 1.73. The van der Waals surface area contributed by atoms with Gasteiger partial charge in [0, 0.05) is 31.0 Å². The first-order valence-corrected chi connectivity index (χ1v) is 10.5. The number of nitrogens with zero attached hydrogens (tertiary/aromatic N) is 3. The summed E-state index contributed by atoms with van der Waals surface area (Å²) in [6.07, 6.45) is 4.97. The van der Waals surface area contributed by atoms with E-state index in [1.165, 1.54) is 17.9 Å². The molecule has 1 unspecified atom stereocenters. The molecule has 1 aliphatic heterocycles. The molecule has 3 rings (SSSR count). The zero-order valence-corrected chi connectivity index (χ0v) is 18.1. The van der Waals surface area contributed by atoms with Crippen molar-refractivity contribution in [1.82, 2.24) is 15.2 Å². The molecule has 168 valence electrons. The average molecular weight is 438 g/mol. The summed E-state index contributed by atoms with van der Waals surface area (Å²) in [5.41, 5.74) is 1.91. The molecular weight excluding hydrogens is 412 g/mol. The fourth-order valence-corrected chi connectivity index (χ4v) is 3.61. The summed E-state index contributed by atoms with van der Waals surface area (Å²) in [7, 11) is 0. The zero-order chi connectivity index (χ0) is 23.3. The van der Waals surface area contributed by atoms with Gasteiger partial charge < -0.3 is 20.2 Å². The van der Waals surface area contributed by atoms with E-state index in [1.807, 2.05) is 12.1 Å². The highest BCUT2D eigenvalue weighted by molar-refractivity contribution is 6.11. The molecule has 0 saturated heterocycles. The van der Waals surface area contributed by atoms with E-state index in [9.17, 15) is 24.3 Å². The van der Waals surface area contributed by atoms with Gasteiger partial charge >= 0.3 is 5.97 Å². The van der Waals surface area contributed by atoms with Crippen LogP contribution in [0.2, 0.25) is 0 Å². The third-order valence-corrected chi connectivity index (χ3v) is 5.47. The number of aromatic nitrogens is 1. The van der Waals surface area contributed by atoms with Gasteiger partial charge in [0.05, 0.1) is 11.3 Å². The summed E-state index contributed by atoms with van der Waals surface area (Å²) >= 11 is 0. The molecule has 9 nitrogen and oxygen atoms in total. The number of carboxylic acid groups (broad SMARTS) is 1. The topological polar surface area (TPSA) is 120 Å². The summed E-state index contributed by atoms with van der Waals surface area (Å²) in [5, 5.41) is 12.2. The second kappa shape index (κ2) is 10.0. The molecule has 9 heteroatoms. The molecule has 2 N–H and O–H groups in total. The summed E-state index contributed by atoms with van der Waals surface area (Å²) in [6.45, 7) is 3.55. The molecule has 2 heterocycles. The van der Waals surface area contributed by atoms with E-state index in [-0.39, 0.29) is 29.5 Å². The quantitative estimate of drug-likeness (QED) is 0.606. The van der Waals surface area contributed by atoms with Crippen molar-refractivity contribution in [3.8, 4) is 0 Å². The molecule has 0 saturated carbocycles. The predicted molar refractivity (Wildman–Crippen MR) is 117 cm³/mol. The van der Waals surface area contributed by atoms with Gasteiger partial charge in [-0.2, -0.15) is 0 Å². The van der Waals surface area contributed by atoms with Crippen LogP contribution >= 0.6 is 0 Å². The van der Waals surface area contributed by atoms with Crippen molar-refractivity contribution in [2.75, 3.05) is 24.5 Å². The van der Waals surface area contributed by atoms with Gasteiger partial charge in [0.15, 0.2) is 0 Å². The van der Waals surface area contributed by atoms with Crippen LogP contribution in [-0.2, 0) is 16.0 Å². The minimum atomic E-state index is -1.21. The molecule has 0 radical (unpaired) electrons. The third-order valence-electron chi connectivity index (χ3n) is 5.47. The second-order valence-corrected chi connectivity index (χ2v) is 7.53. The molecule has 3 amide bonds. The van der Waals surface area contributed by atoms with Crippen molar-refractivity contribution in [2.45, 2.75) is 32.7 Å². The number of carbonyl (C=O) groups is 4. The van der Waals surface area contributed by atoms with Crippen LogP contribution in [0.15, 0.2) is 42.7 Å². The lowest BCUT2D eigenvalue weighted by Crippen LogP contribution is -2.46. The highest BCUT2D eigenvalue weighted by Gasteiger charge is 2.36. The fraction of sp³-hybridized carbons (Fsp3) is 0.348. The van der Waals surface area contributed by atoms with Crippen LogP contribution in [0.5, 0.6) is 0 Å². The molecule has 1 atom stereocenters. The molecule has 1 aromatic heterocycles. The van der Waals surface area contributed by atoms with Crippen molar-refractivity contribution >= 4 is 29.4 Å². The van der Waals surface area contributed by atoms with E-state index in [1.54, 1.807) is 31.5 Å². The van der Waals surface area contributed by atoms with Crippen LogP contribution in [0.25, 0.3) is 0 Å². The smallest absolute Gasteiger partial charge is 0.326 e. The van der Waals surface area contributed by atoms with Crippen molar-refractivity contribution in [2.24, 2.45) is 0 Å². The number of carbonyl (C=O) groups excluding carboxylic acids is 3. The number of carboxylic acids is 1. The Morgan fingerprint density at radius 2 is 1.91 bits per heavy atom. The molecule has 0 bridgehead atoms. The Hall–Kier alpha value is -3.75. The van der Waals surface area contributed by atoms with Crippen LogP contribution in [0, 0.1) is 0 Å². The molecule has 32 heavy (non-hydrogen) atoms. The number of nitrogens with one attached hydrogen (secondary N) is 1. The number of fused-ring (bicyclic) bond motifs is 1. The number of likely N-dealkylation sites (N-methyl/N-ethyl adjacent to an activating group) is 1. The maximum Gasteiger partial charge on any atom is 0.326 e. The van der Waals surface area contributed by atoms with E-state index in [0.29, 0.717) is 18.8 Å². The van der Waals surface area contributed by atoms with Gasteiger partial charge in [-0.3, -0.25) is 19.4 Å². The number of aryl methyl sites for hydroxylation is 1. The molecule has 0 fully saturated rings. The molecule has 2 aromatic rings. The Balaban J connectivity index is 1.78. The van der Waals surface area contributed by atoms with Crippen LogP contribution < -0.4 is 10.2 Å². The van der Waals surface area contributed by atoms with Gasteiger partial charge in [0.25, 0.3) is 11.8 Å². The van der Waals surface area contributed by atoms with Gasteiger partial charge in [-0.05, 0) is 62.6 Å². The lowest BCUT2D eigenvalue weighted by Gasteiger charge is -2.24. The summed E-state index contributed by atoms with van der Waals surface area (Å²) in [6, 6.07) is 7.22. The number of anilines is 1. The maximum atomic E-state index is 13.1. The van der Waals surface area contributed by atoms with Crippen molar-refractivity contribution in [1.29, 1.82) is 0 Å². The van der Waals surface area contributed by atoms with Gasteiger partial charge in [-0.1, -0.05) is 0 Å². The first kappa shape index (κ1) is 22.9. The first-order valence-electron chi connectivity index (χ1n) is 10.5. The van der Waals surface area contributed by atoms with Crippen molar-refractivity contribution < 1.29 is 24.3 Å². The highest BCUT2D eigenvalue weighted by atomic mass is 16.4. The standard InChI is InChI=1S/C23H26N4O5/c1-3-26-19-7-6-17(21(29)25-10-4-5-16-8-11-24-12-9-16)13-18(19)22(30)27(14-20(26)28)15(2)23(31)32/h6-9,11-13,15H,3-5,10,14H2,1-2H3,(H,25,29)(H,31,32). The molecule has 1 aliphatic rings. The SMILES string of the molecule is CCN1C(=O)CN(C(C)C(=O)O)C(=O)c2cc(C(=O)NCCCc3ccncc3)ccc21. The van der Waals surface area contributed by atoms with Crippen LogP contribution in [0.4, 0.5) is 5.69 Å². The summed E-state index contributed by atoms with van der Waals surface area (Å²) in [5.74, 6) is -2.51. The minimum absolute atomic E-state index is 0.134. The average Bonchev–Trinajstić information content (AvgIpc) is 2.90. The number of amides is 3. The Bertz CT molecular complexity index is 1020. The number of aliphatic carboxylic acids is 1. The number of rotatable bonds is 8. The van der Waals surface area contributed by atoms with E-state index in [0.717, 1.165) is 23.3 Å². The molecule has 1 aromatic carbocycles.